The van der Waals surface area contributed by atoms with Gasteiger partial charge in [0.15, 0.2) is 0 Å². The second-order valence-electron chi connectivity index (χ2n) is 6.92. The van der Waals surface area contributed by atoms with Crippen molar-refractivity contribution in [2.24, 2.45) is 11.8 Å². The second kappa shape index (κ2) is 5.40. The van der Waals surface area contributed by atoms with Crippen molar-refractivity contribution in [3.8, 4) is 5.75 Å². The van der Waals surface area contributed by atoms with E-state index in [1.165, 1.54) is 19.3 Å². The molecule has 2 atom stereocenters. The Balaban J connectivity index is 1.72. The lowest BCUT2D eigenvalue weighted by molar-refractivity contribution is -0.0251. The molecule has 110 valence electrons. The van der Waals surface area contributed by atoms with Crippen molar-refractivity contribution in [2.45, 2.75) is 64.1 Å². The number of hydrogen-bond acceptors (Lipinski definition) is 2. The van der Waals surface area contributed by atoms with Gasteiger partial charge in [-0.1, -0.05) is 12.1 Å². The van der Waals surface area contributed by atoms with Crippen LogP contribution >= 0.6 is 0 Å². The summed E-state index contributed by atoms with van der Waals surface area (Å²) in [7, 11) is 0. The van der Waals surface area contributed by atoms with Crippen molar-refractivity contribution < 1.29 is 9.84 Å². The molecule has 0 heterocycles. The number of ether oxygens (including phenoxy) is 1. The Labute approximate surface area is 122 Å². The molecule has 2 heteroatoms. The van der Waals surface area contributed by atoms with Gasteiger partial charge >= 0.3 is 0 Å². The molecule has 0 aromatic heterocycles. The van der Waals surface area contributed by atoms with Crippen LogP contribution in [0.3, 0.4) is 0 Å². The van der Waals surface area contributed by atoms with Gasteiger partial charge in [0.2, 0.25) is 0 Å². The molecule has 1 aromatic rings. The first-order valence-electron chi connectivity index (χ1n) is 8.06. The van der Waals surface area contributed by atoms with Crippen LogP contribution in [0.4, 0.5) is 0 Å². The van der Waals surface area contributed by atoms with Crippen LogP contribution < -0.4 is 4.74 Å². The molecule has 2 unspecified atom stereocenters. The fraction of sp³-hybridized carbons (Fsp3) is 0.667. The van der Waals surface area contributed by atoms with Crippen molar-refractivity contribution in [3.05, 3.63) is 29.8 Å². The second-order valence-corrected chi connectivity index (χ2v) is 6.92. The van der Waals surface area contributed by atoms with Gasteiger partial charge in [0, 0.05) is 0 Å². The molecule has 0 bridgehead atoms. The van der Waals surface area contributed by atoms with E-state index in [1.807, 2.05) is 38.1 Å². The molecule has 3 rings (SSSR count). The smallest absolute Gasteiger partial charge is 0.119 e. The van der Waals surface area contributed by atoms with Crippen molar-refractivity contribution >= 4 is 0 Å². The van der Waals surface area contributed by atoms with Crippen LogP contribution in [0.25, 0.3) is 0 Å². The first kappa shape index (κ1) is 13.9. The summed E-state index contributed by atoms with van der Waals surface area (Å²) in [6.07, 6.45) is 7.26. The Hall–Kier alpha value is -1.02. The summed E-state index contributed by atoms with van der Waals surface area (Å²) in [5.41, 5.74) is 0.459. The summed E-state index contributed by atoms with van der Waals surface area (Å²) in [6, 6.07) is 8.09. The molecule has 20 heavy (non-hydrogen) atoms. The van der Waals surface area contributed by atoms with Crippen molar-refractivity contribution in [1.82, 2.24) is 0 Å². The minimum atomic E-state index is -0.609. The number of rotatable bonds is 4. The summed E-state index contributed by atoms with van der Waals surface area (Å²) in [5, 5.41) is 11.0. The highest BCUT2D eigenvalue weighted by Crippen LogP contribution is 2.49. The molecule has 2 aliphatic rings. The van der Waals surface area contributed by atoms with Crippen LogP contribution in [-0.4, -0.2) is 11.2 Å². The van der Waals surface area contributed by atoms with Crippen LogP contribution in [0.2, 0.25) is 0 Å². The molecule has 0 spiro atoms. The van der Waals surface area contributed by atoms with Gasteiger partial charge < -0.3 is 9.84 Å². The third kappa shape index (κ3) is 3.01. The largest absolute Gasteiger partial charge is 0.491 e. The molecule has 0 radical (unpaired) electrons. The summed E-state index contributed by atoms with van der Waals surface area (Å²) in [5.74, 6) is 2.52. The monoisotopic (exact) mass is 274 g/mol. The highest BCUT2D eigenvalue weighted by molar-refractivity contribution is 5.31. The maximum absolute atomic E-state index is 11.0. The van der Waals surface area contributed by atoms with Crippen LogP contribution in [0.1, 0.15) is 57.9 Å². The fourth-order valence-electron chi connectivity index (χ4n) is 3.64. The van der Waals surface area contributed by atoms with E-state index >= 15 is 0 Å². The molecule has 1 N–H and O–H groups in total. The van der Waals surface area contributed by atoms with Gasteiger partial charge in [-0.05, 0) is 81.9 Å². The third-order valence-corrected chi connectivity index (χ3v) is 4.82. The van der Waals surface area contributed by atoms with Gasteiger partial charge in [0.05, 0.1) is 11.7 Å². The molecular weight excluding hydrogens is 248 g/mol. The Bertz CT molecular complexity index is 447. The van der Waals surface area contributed by atoms with E-state index < -0.39 is 5.60 Å². The zero-order chi connectivity index (χ0) is 14.2. The normalized spacial score (nSPS) is 30.5. The molecule has 2 nitrogen and oxygen atoms in total. The maximum Gasteiger partial charge on any atom is 0.119 e. The van der Waals surface area contributed by atoms with Crippen molar-refractivity contribution in [2.75, 3.05) is 0 Å². The number of aliphatic hydroxyl groups is 1. The van der Waals surface area contributed by atoms with Gasteiger partial charge in [-0.2, -0.15) is 0 Å². The Kier molecular flexibility index (Phi) is 3.76. The van der Waals surface area contributed by atoms with E-state index in [0.29, 0.717) is 0 Å². The standard InChI is InChI=1S/C18H26O2/c1-13(2)20-17-9-7-16(8-10-17)18(19)11-3-4-15(12-18)14-5-6-14/h7-10,13-15,19H,3-6,11-12H2,1-2H3. The number of benzene rings is 1. The van der Waals surface area contributed by atoms with E-state index in [-0.39, 0.29) is 6.10 Å². The molecule has 0 saturated heterocycles. The van der Waals surface area contributed by atoms with Crippen LogP contribution in [0.15, 0.2) is 24.3 Å². The quantitative estimate of drug-likeness (QED) is 0.889. The lowest BCUT2D eigenvalue weighted by Crippen LogP contribution is -2.33. The molecule has 2 fully saturated rings. The summed E-state index contributed by atoms with van der Waals surface area (Å²) in [6.45, 7) is 4.06. The van der Waals surface area contributed by atoms with Gasteiger partial charge in [-0.25, -0.2) is 0 Å². The van der Waals surface area contributed by atoms with Crippen LogP contribution in [0.5, 0.6) is 5.75 Å². The Morgan fingerprint density at radius 1 is 1.10 bits per heavy atom. The van der Waals surface area contributed by atoms with Gasteiger partial charge in [-0.15, -0.1) is 0 Å². The average Bonchev–Trinajstić information content (AvgIpc) is 3.23. The summed E-state index contributed by atoms with van der Waals surface area (Å²) < 4.78 is 5.68. The Morgan fingerprint density at radius 2 is 1.80 bits per heavy atom. The minimum Gasteiger partial charge on any atom is -0.491 e. The lowest BCUT2D eigenvalue weighted by atomic mass is 9.73. The highest BCUT2D eigenvalue weighted by atomic mass is 16.5. The van der Waals surface area contributed by atoms with Gasteiger partial charge in [0.25, 0.3) is 0 Å². The van der Waals surface area contributed by atoms with Gasteiger partial charge in [0.1, 0.15) is 5.75 Å². The summed E-state index contributed by atoms with van der Waals surface area (Å²) >= 11 is 0. The first-order chi connectivity index (χ1) is 9.57. The van der Waals surface area contributed by atoms with E-state index in [4.69, 9.17) is 4.74 Å². The predicted octanol–water partition coefficient (Wildman–Crippen LogP) is 4.26. The molecule has 1 aromatic carbocycles. The van der Waals surface area contributed by atoms with E-state index in [0.717, 1.165) is 42.4 Å². The first-order valence-corrected chi connectivity index (χ1v) is 8.06. The molecule has 2 saturated carbocycles. The molecule has 2 aliphatic carbocycles. The topological polar surface area (TPSA) is 29.5 Å². The van der Waals surface area contributed by atoms with Crippen LogP contribution in [0, 0.1) is 11.8 Å². The Morgan fingerprint density at radius 3 is 2.40 bits per heavy atom. The zero-order valence-corrected chi connectivity index (χ0v) is 12.6. The SMILES string of the molecule is CC(C)Oc1ccc(C2(O)CCCC(C3CC3)C2)cc1. The molecule has 0 amide bonds. The third-order valence-electron chi connectivity index (χ3n) is 4.82. The number of hydrogen-bond donors (Lipinski definition) is 1. The van der Waals surface area contributed by atoms with Crippen LogP contribution in [-0.2, 0) is 5.60 Å². The zero-order valence-electron chi connectivity index (χ0n) is 12.6. The minimum absolute atomic E-state index is 0.192. The summed E-state index contributed by atoms with van der Waals surface area (Å²) in [4.78, 5) is 0. The fourth-order valence-corrected chi connectivity index (χ4v) is 3.64. The van der Waals surface area contributed by atoms with E-state index in [9.17, 15) is 5.11 Å². The molecular formula is C18H26O2. The van der Waals surface area contributed by atoms with Crippen molar-refractivity contribution in [3.63, 3.8) is 0 Å². The molecule has 0 aliphatic heterocycles. The lowest BCUT2D eigenvalue weighted by Gasteiger charge is -2.37. The van der Waals surface area contributed by atoms with E-state index in [2.05, 4.69) is 0 Å². The predicted molar refractivity (Wildman–Crippen MR) is 80.8 cm³/mol. The van der Waals surface area contributed by atoms with E-state index in [1.54, 1.807) is 0 Å². The van der Waals surface area contributed by atoms with Gasteiger partial charge in [-0.3, -0.25) is 0 Å². The average molecular weight is 274 g/mol. The maximum atomic E-state index is 11.0. The highest BCUT2D eigenvalue weighted by Gasteiger charge is 2.41. The van der Waals surface area contributed by atoms with Crippen molar-refractivity contribution in [1.29, 1.82) is 0 Å².